The molecule has 0 saturated heterocycles. The lowest BCUT2D eigenvalue weighted by Gasteiger charge is -2.27. The molecule has 0 spiro atoms. The van der Waals surface area contributed by atoms with Crippen molar-refractivity contribution in [1.82, 2.24) is 24.6 Å². The van der Waals surface area contributed by atoms with E-state index in [0.717, 1.165) is 16.5 Å². The molecule has 0 unspecified atom stereocenters. The van der Waals surface area contributed by atoms with Crippen LogP contribution in [-0.4, -0.2) is 37.1 Å². The highest BCUT2D eigenvalue weighted by Gasteiger charge is 2.27. The number of halogens is 2. The normalized spacial score (nSPS) is 13.1. The molecule has 0 bridgehead atoms. The third-order valence-corrected chi connectivity index (χ3v) is 7.67. The standard InChI is InChI=1S/C25H17F2N5OS2/c26-17-7-8-18(19(27)12-17)24-28-20(14-35-24)23-30-29-22-13-31(9-10-32(22)23)25(33)16-5-3-15(4-6-16)21-2-1-11-34-21/h1-8,11-12,14H,9-10,13H2. The van der Waals surface area contributed by atoms with Gasteiger partial charge in [-0.15, -0.1) is 32.9 Å². The maximum Gasteiger partial charge on any atom is 0.254 e. The molecule has 10 heteroatoms. The summed E-state index contributed by atoms with van der Waals surface area (Å²) in [7, 11) is 0. The highest BCUT2D eigenvalue weighted by atomic mass is 32.1. The van der Waals surface area contributed by atoms with Crippen molar-refractivity contribution in [3.63, 3.8) is 0 Å². The quantitative estimate of drug-likeness (QED) is 0.313. The molecule has 1 aliphatic heterocycles. The zero-order chi connectivity index (χ0) is 23.9. The molecule has 1 amide bonds. The number of thiophene rings is 1. The van der Waals surface area contributed by atoms with E-state index in [1.807, 2.05) is 40.3 Å². The van der Waals surface area contributed by atoms with E-state index in [1.165, 1.54) is 23.5 Å². The Morgan fingerprint density at radius 2 is 1.83 bits per heavy atom. The topological polar surface area (TPSA) is 63.9 Å². The fourth-order valence-corrected chi connectivity index (χ4v) is 5.64. The van der Waals surface area contributed by atoms with Gasteiger partial charge in [-0.2, -0.15) is 0 Å². The van der Waals surface area contributed by atoms with Gasteiger partial charge in [0.25, 0.3) is 5.91 Å². The number of fused-ring (bicyclic) bond motifs is 1. The summed E-state index contributed by atoms with van der Waals surface area (Å²) in [4.78, 5) is 20.5. The summed E-state index contributed by atoms with van der Waals surface area (Å²) >= 11 is 2.92. The van der Waals surface area contributed by atoms with Gasteiger partial charge in [-0.1, -0.05) is 18.2 Å². The van der Waals surface area contributed by atoms with Crippen LogP contribution in [0.1, 0.15) is 16.2 Å². The first-order chi connectivity index (χ1) is 17.1. The Balaban J connectivity index is 1.20. The van der Waals surface area contributed by atoms with Gasteiger partial charge in [0.2, 0.25) is 0 Å². The Labute approximate surface area is 207 Å². The van der Waals surface area contributed by atoms with Crippen molar-refractivity contribution >= 4 is 28.6 Å². The van der Waals surface area contributed by atoms with Crippen molar-refractivity contribution in [2.45, 2.75) is 13.1 Å². The number of nitrogens with zero attached hydrogens (tertiary/aromatic N) is 5. The molecule has 4 heterocycles. The number of hydrogen-bond acceptors (Lipinski definition) is 6. The molecule has 6 rings (SSSR count). The molecule has 0 atom stereocenters. The van der Waals surface area contributed by atoms with E-state index in [9.17, 15) is 13.6 Å². The predicted molar refractivity (Wildman–Crippen MR) is 131 cm³/mol. The third-order valence-electron chi connectivity index (χ3n) is 5.87. The van der Waals surface area contributed by atoms with Gasteiger partial charge in [0, 0.05) is 40.5 Å². The summed E-state index contributed by atoms with van der Waals surface area (Å²) in [5.41, 5.74) is 2.52. The molecule has 3 aromatic heterocycles. The van der Waals surface area contributed by atoms with E-state index < -0.39 is 11.6 Å². The number of carbonyl (C=O) groups is 1. The minimum absolute atomic E-state index is 0.0544. The lowest BCUT2D eigenvalue weighted by molar-refractivity contribution is 0.0708. The number of rotatable bonds is 4. The van der Waals surface area contributed by atoms with Crippen LogP contribution < -0.4 is 0 Å². The molecule has 0 fully saturated rings. The van der Waals surface area contributed by atoms with Gasteiger partial charge in [-0.25, -0.2) is 13.8 Å². The van der Waals surface area contributed by atoms with E-state index in [-0.39, 0.29) is 11.5 Å². The van der Waals surface area contributed by atoms with Gasteiger partial charge in [0.1, 0.15) is 22.3 Å². The van der Waals surface area contributed by atoms with E-state index in [1.54, 1.807) is 21.6 Å². The largest absolute Gasteiger partial charge is 0.329 e. The van der Waals surface area contributed by atoms with E-state index >= 15 is 0 Å². The van der Waals surface area contributed by atoms with E-state index in [4.69, 9.17) is 0 Å². The predicted octanol–water partition coefficient (Wildman–Crippen LogP) is 5.73. The van der Waals surface area contributed by atoms with Crippen molar-refractivity contribution in [1.29, 1.82) is 0 Å². The number of carbonyl (C=O) groups excluding carboxylic acids is 1. The Hall–Kier alpha value is -3.76. The summed E-state index contributed by atoms with van der Waals surface area (Å²) in [5.74, 6) is -0.116. The Morgan fingerprint density at radius 3 is 2.60 bits per heavy atom. The molecule has 6 nitrogen and oxygen atoms in total. The van der Waals surface area contributed by atoms with Crippen LogP contribution in [0.2, 0.25) is 0 Å². The second kappa shape index (κ2) is 8.79. The summed E-state index contributed by atoms with van der Waals surface area (Å²) in [6.45, 7) is 1.36. The Morgan fingerprint density at radius 1 is 0.971 bits per heavy atom. The zero-order valence-electron chi connectivity index (χ0n) is 18.2. The van der Waals surface area contributed by atoms with Gasteiger partial charge in [0.15, 0.2) is 11.6 Å². The number of thiazole rings is 1. The molecule has 5 aromatic rings. The first kappa shape index (κ1) is 21.8. The van der Waals surface area contributed by atoms with Crippen LogP contribution in [0.3, 0.4) is 0 Å². The molecule has 1 aliphatic rings. The van der Waals surface area contributed by atoms with Gasteiger partial charge >= 0.3 is 0 Å². The average molecular weight is 506 g/mol. The van der Waals surface area contributed by atoms with Crippen molar-refractivity contribution in [2.24, 2.45) is 0 Å². The molecular formula is C25H17F2N5OS2. The van der Waals surface area contributed by atoms with Crippen LogP contribution in [0.4, 0.5) is 8.78 Å². The third kappa shape index (κ3) is 4.04. The highest BCUT2D eigenvalue weighted by molar-refractivity contribution is 7.13. The number of benzene rings is 2. The molecule has 2 aromatic carbocycles. The second-order valence-electron chi connectivity index (χ2n) is 8.03. The summed E-state index contributed by atoms with van der Waals surface area (Å²) in [6, 6.07) is 15.1. The number of amides is 1. The number of aromatic nitrogens is 4. The van der Waals surface area contributed by atoms with Crippen LogP contribution in [0, 0.1) is 11.6 Å². The van der Waals surface area contributed by atoms with Crippen molar-refractivity contribution in [3.05, 3.63) is 88.4 Å². The lowest BCUT2D eigenvalue weighted by Crippen LogP contribution is -2.38. The van der Waals surface area contributed by atoms with Crippen molar-refractivity contribution in [3.8, 4) is 32.5 Å². The average Bonchev–Trinajstić information content (AvgIpc) is 3.64. The fourth-order valence-electron chi connectivity index (χ4n) is 4.09. The molecule has 174 valence electrons. The van der Waals surface area contributed by atoms with Crippen LogP contribution in [-0.2, 0) is 13.1 Å². The molecule has 0 N–H and O–H groups in total. The van der Waals surface area contributed by atoms with Crippen molar-refractivity contribution < 1.29 is 13.6 Å². The molecular weight excluding hydrogens is 488 g/mol. The van der Waals surface area contributed by atoms with E-state index in [0.29, 0.717) is 47.5 Å². The maximum atomic E-state index is 14.2. The lowest BCUT2D eigenvalue weighted by atomic mass is 10.1. The summed E-state index contributed by atoms with van der Waals surface area (Å²) in [6.07, 6.45) is 0. The van der Waals surface area contributed by atoms with Gasteiger partial charge in [0.05, 0.1) is 6.54 Å². The highest BCUT2D eigenvalue weighted by Crippen LogP contribution is 2.31. The Bertz CT molecular complexity index is 1530. The minimum Gasteiger partial charge on any atom is -0.329 e. The van der Waals surface area contributed by atoms with Gasteiger partial charge in [-0.05, 0) is 41.3 Å². The van der Waals surface area contributed by atoms with Crippen LogP contribution in [0.15, 0.2) is 65.4 Å². The minimum atomic E-state index is -0.660. The molecule has 35 heavy (non-hydrogen) atoms. The smallest absolute Gasteiger partial charge is 0.254 e. The summed E-state index contributed by atoms with van der Waals surface area (Å²) in [5, 5.41) is 12.8. The monoisotopic (exact) mass is 505 g/mol. The van der Waals surface area contributed by atoms with E-state index in [2.05, 4.69) is 21.2 Å². The van der Waals surface area contributed by atoms with Crippen molar-refractivity contribution in [2.75, 3.05) is 6.54 Å². The molecule has 0 aliphatic carbocycles. The van der Waals surface area contributed by atoms with Gasteiger partial charge < -0.3 is 9.47 Å². The first-order valence-electron chi connectivity index (χ1n) is 10.8. The zero-order valence-corrected chi connectivity index (χ0v) is 19.8. The first-order valence-corrected chi connectivity index (χ1v) is 12.6. The number of hydrogen-bond donors (Lipinski definition) is 0. The SMILES string of the molecule is O=C(c1ccc(-c2cccs2)cc1)N1CCn2c(nnc2-c2csc(-c3ccc(F)cc3F)n2)C1. The maximum absolute atomic E-state index is 14.2. The summed E-state index contributed by atoms with van der Waals surface area (Å²) < 4.78 is 29.4. The second-order valence-corrected chi connectivity index (χ2v) is 9.84. The van der Waals surface area contributed by atoms with Crippen LogP contribution in [0.5, 0.6) is 0 Å². The van der Waals surface area contributed by atoms with Gasteiger partial charge in [-0.3, -0.25) is 4.79 Å². The molecule has 0 saturated carbocycles. The van der Waals surface area contributed by atoms with Crippen LogP contribution >= 0.6 is 22.7 Å². The Kier molecular flexibility index (Phi) is 5.46. The molecule has 0 radical (unpaired) electrons. The fraction of sp³-hybridized carbons (Fsp3) is 0.120. The van der Waals surface area contributed by atoms with Crippen LogP contribution in [0.25, 0.3) is 32.5 Å².